The van der Waals surface area contributed by atoms with Crippen LogP contribution >= 0.6 is 45.3 Å². The van der Waals surface area contributed by atoms with Gasteiger partial charge in [-0.3, -0.25) is 18.4 Å². The first kappa shape index (κ1) is 42.9. The Morgan fingerprint density at radius 3 is 1.37 bits per heavy atom. The van der Waals surface area contributed by atoms with Crippen LogP contribution in [0.5, 0.6) is 5.06 Å². The third-order valence-corrected chi connectivity index (χ3v) is 18.3. The molecule has 20 nitrogen and oxygen atoms in total. The zero-order chi connectivity index (χ0) is 45.0. The molecule has 4 bridgehead atoms. The lowest BCUT2D eigenvalue weighted by molar-refractivity contribution is -1.04. The molecule has 0 amide bonds. The molecule has 0 saturated carbocycles. The Labute approximate surface area is 366 Å². The largest absolute Gasteiger partial charge is 0.439 e. The molecule has 10 rings (SSSR count). The highest BCUT2D eigenvalue weighted by atomic mass is 32.1. The highest BCUT2D eigenvalue weighted by molar-refractivity contribution is 7.15. The van der Waals surface area contributed by atoms with Crippen LogP contribution in [0.15, 0.2) is 64.7 Å². The predicted molar refractivity (Wildman–Crippen MR) is 208 cm³/mol. The van der Waals surface area contributed by atoms with Gasteiger partial charge in [0.15, 0.2) is 5.06 Å². The van der Waals surface area contributed by atoms with Gasteiger partial charge in [-0.05, 0) is 46.5 Å². The van der Waals surface area contributed by atoms with Crippen molar-refractivity contribution < 1.29 is 98.4 Å². The fraction of sp³-hybridized carbons (Fsp3) is 0.526. The van der Waals surface area contributed by atoms with Gasteiger partial charge in [0, 0.05) is 0 Å². The number of esters is 2. The zero-order valence-electron chi connectivity index (χ0n) is 33.0. The number of piperidine rings is 2. The Morgan fingerprint density at radius 1 is 0.565 bits per heavy atom. The minimum atomic E-state index is -2.82. The molecule has 10 heterocycles. The van der Waals surface area contributed by atoms with Crippen LogP contribution in [0.4, 0.5) is 0 Å². The average Bonchev–Trinajstić information content (AvgIpc) is 3.77. The maximum absolute atomic E-state index is 14.3. The van der Waals surface area contributed by atoms with Gasteiger partial charge in [0.1, 0.15) is 25.7 Å². The molecule has 10 atom stereocenters. The number of thiophene rings is 4. The Morgan fingerprint density at radius 2 is 0.952 bits per heavy atom. The number of ether oxygens (including phenoxy) is 5. The molecular formula is C38H42N2O18S4+2. The van der Waals surface area contributed by atoms with E-state index < -0.39 is 115 Å². The maximum Gasteiger partial charge on any atom is 0.362 e. The van der Waals surface area contributed by atoms with Gasteiger partial charge in [-0.15, -0.1) is 34.0 Å². The number of rotatable bonds is 10. The number of epoxide rings is 2. The monoisotopic (exact) mass is 942 g/mol. The van der Waals surface area contributed by atoms with E-state index in [-0.39, 0.29) is 24.6 Å². The van der Waals surface area contributed by atoms with Crippen molar-refractivity contribution in [2.75, 3.05) is 28.2 Å². The highest BCUT2D eigenvalue weighted by Gasteiger charge is 3.08. The van der Waals surface area contributed by atoms with E-state index in [0.29, 0.717) is 11.3 Å². The number of nitrogens with zero attached hydrogens (tertiary/aromatic N) is 2. The SMILES string of the molecule is C[N+]1(C)C2(O)CC(O)(OC(=O)C(O)(c3cccs3)c3ccc(OC45OC4(O)C4(O)CC(O)(OC(=O)C(O)(c6cccs6)c6cccs6)CC5(O)[N+]4(C)C)s3)CC1(O)C1(O)OC12O. The molecule has 0 aromatic carbocycles. The number of aliphatic hydroxyl groups is 11. The van der Waals surface area contributed by atoms with Crippen molar-refractivity contribution >= 4 is 57.3 Å². The molecule has 10 unspecified atom stereocenters. The van der Waals surface area contributed by atoms with Gasteiger partial charge in [-0.1, -0.05) is 29.5 Å². The summed E-state index contributed by atoms with van der Waals surface area (Å²) in [6.07, 6.45) is -3.87. The molecule has 6 saturated heterocycles. The van der Waals surface area contributed by atoms with E-state index in [0.717, 1.165) is 34.0 Å². The molecule has 4 aromatic rings. The Balaban J connectivity index is 0.955. The van der Waals surface area contributed by atoms with Gasteiger partial charge < -0.3 is 70.4 Å². The zero-order valence-corrected chi connectivity index (χ0v) is 36.2. The number of morpholine rings is 2. The second-order valence-electron chi connectivity index (χ2n) is 17.9. The van der Waals surface area contributed by atoms with E-state index in [9.17, 15) is 65.8 Å². The summed E-state index contributed by atoms with van der Waals surface area (Å²) in [7, 11) is 5.18. The van der Waals surface area contributed by atoms with Gasteiger partial charge in [0.05, 0.1) is 47.7 Å². The maximum atomic E-state index is 14.3. The number of carbonyl (C=O) groups is 2. The number of hydrogen-bond donors (Lipinski definition) is 11. The second kappa shape index (κ2) is 11.8. The van der Waals surface area contributed by atoms with Crippen LogP contribution in [0.2, 0.25) is 0 Å². The minimum absolute atomic E-state index is 0.0491. The lowest BCUT2D eigenvalue weighted by atomic mass is 9.87. The van der Waals surface area contributed by atoms with Crippen LogP contribution < -0.4 is 4.74 Å². The summed E-state index contributed by atoms with van der Waals surface area (Å²) in [6.45, 7) is 0. The Kier molecular flexibility index (Phi) is 8.19. The van der Waals surface area contributed by atoms with Crippen LogP contribution in [0, 0.1) is 0 Å². The molecule has 0 spiro atoms. The summed E-state index contributed by atoms with van der Waals surface area (Å²) in [4.78, 5) is 28.3. The smallest absolute Gasteiger partial charge is 0.362 e. The van der Waals surface area contributed by atoms with E-state index in [4.69, 9.17) is 23.7 Å². The standard InChI is InChI=1S/C38H42N2O18S4/c1-39(2)29(45)16-27(43,17-30(39,46)36(52)35(29,51)57-36)56-26(42)34(50,22-10-7-15-61-22)23-11-12-24(62-23)54-38-32(48)19-28(44,18-31(47,40(32,3)4)37(38,53)58-38)55-25(41)33(49,20-8-5-13-59-20)21-9-6-14-60-21/h5-15,43-53H,16-19H2,1-4H3/q+2. The molecule has 0 radical (unpaired) electrons. The fourth-order valence-electron chi connectivity index (χ4n) is 10.4. The first-order valence-corrected chi connectivity index (χ1v) is 22.4. The van der Waals surface area contributed by atoms with Gasteiger partial charge >= 0.3 is 35.1 Å². The third-order valence-electron chi connectivity index (χ3n) is 14.3. The van der Waals surface area contributed by atoms with E-state index in [2.05, 4.69) is 0 Å². The summed E-state index contributed by atoms with van der Waals surface area (Å²) in [5.74, 6) is -19.4. The number of likely N-dealkylation sites (N-methyl/N-ethyl adjacent to an activating group) is 2. The molecule has 62 heavy (non-hydrogen) atoms. The van der Waals surface area contributed by atoms with Crippen LogP contribution in [0.25, 0.3) is 0 Å². The van der Waals surface area contributed by atoms with Crippen molar-refractivity contribution in [2.45, 2.75) is 94.5 Å². The number of fused-ring (bicyclic) bond motifs is 10. The normalized spacial score (nSPS) is 43.9. The van der Waals surface area contributed by atoms with Crippen molar-refractivity contribution in [3.8, 4) is 5.06 Å². The van der Waals surface area contributed by atoms with Crippen LogP contribution in [-0.2, 0) is 39.7 Å². The summed E-state index contributed by atoms with van der Waals surface area (Å²) in [5.41, 5.74) is -15.7. The summed E-state index contributed by atoms with van der Waals surface area (Å²) in [6, 6.07) is 11.5. The molecular weight excluding hydrogens is 901 g/mol. The Bertz CT molecular complexity index is 2470. The molecule has 6 aliphatic heterocycles. The summed E-state index contributed by atoms with van der Waals surface area (Å²) in [5, 5.41) is 135. The average molecular weight is 943 g/mol. The molecule has 0 aliphatic carbocycles. The first-order valence-electron chi connectivity index (χ1n) is 18.9. The van der Waals surface area contributed by atoms with Crippen molar-refractivity contribution in [1.29, 1.82) is 0 Å². The van der Waals surface area contributed by atoms with Crippen molar-refractivity contribution in [1.82, 2.24) is 0 Å². The second-order valence-corrected chi connectivity index (χ2v) is 21.8. The predicted octanol–water partition coefficient (Wildman–Crippen LogP) is -1.71. The van der Waals surface area contributed by atoms with Gasteiger partial charge in [-0.25, -0.2) is 9.59 Å². The number of hydrogen-bond acceptors (Lipinski definition) is 22. The van der Waals surface area contributed by atoms with Crippen LogP contribution in [0.3, 0.4) is 0 Å². The van der Waals surface area contributed by atoms with Crippen molar-refractivity contribution in [3.05, 3.63) is 84.2 Å². The molecule has 6 aliphatic rings. The van der Waals surface area contributed by atoms with Gasteiger partial charge in [0.25, 0.3) is 22.9 Å². The van der Waals surface area contributed by atoms with E-state index in [1.54, 1.807) is 22.9 Å². The topological polar surface area (TPSA) is 309 Å². The summed E-state index contributed by atoms with van der Waals surface area (Å²) >= 11 is 3.57. The highest BCUT2D eigenvalue weighted by Crippen LogP contribution is 2.76. The van der Waals surface area contributed by atoms with E-state index in [1.165, 1.54) is 70.0 Å². The lowest BCUT2D eigenvalue weighted by Crippen LogP contribution is -2.79. The number of carbonyl (C=O) groups excluding carboxylic acids is 2. The van der Waals surface area contributed by atoms with Crippen molar-refractivity contribution in [2.24, 2.45) is 0 Å². The minimum Gasteiger partial charge on any atom is -0.439 e. The quantitative estimate of drug-likeness (QED) is 0.0365. The first-order chi connectivity index (χ1) is 28.5. The van der Waals surface area contributed by atoms with E-state index >= 15 is 0 Å². The third kappa shape index (κ3) is 4.46. The van der Waals surface area contributed by atoms with Crippen LogP contribution in [-0.4, -0.2) is 163 Å². The molecule has 4 aromatic heterocycles. The Hall–Kier alpha value is -3.06. The van der Waals surface area contributed by atoms with Gasteiger partial charge in [0.2, 0.25) is 22.8 Å². The van der Waals surface area contributed by atoms with Crippen molar-refractivity contribution in [3.63, 3.8) is 0 Å². The number of quaternary nitrogens is 2. The molecule has 6 fully saturated rings. The molecule has 24 heteroatoms. The molecule has 11 N–H and O–H groups in total. The molecule has 334 valence electrons. The summed E-state index contributed by atoms with van der Waals surface area (Å²) < 4.78 is 26.2. The van der Waals surface area contributed by atoms with Gasteiger partial charge in [-0.2, -0.15) is 0 Å². The van der Waals surface area contributed by atoms with Crippen LogP contribution in [0.1, 0.15) is 45.2 Å². The fourth-order valence-corrected chi connectivity index (χ4v) is 14.0. The van der Waals surface area contributed by atoms with E-state index in [1.807, 2.05) is 0 Å². The lowest BCUT2D eigenvalue weighted by Gasteiger charge is -2.55.